The number of hydrogen-bond acceptors (Lipinski definition) is 8. The van der Waals surface area contributed by atoms with E-state index in [0.717, 1.165) is 48.8 Å². The molecule has 3 aliphatic rings. The van der Waals surface area contributed by atoms with Gasteiger partial charge in [0.25, 0.3) is 0 Å². The number of esters is 1. The lowest BCUT2D eigenvalue weighted by Gasteiger charge is -2.50. The molecule has 2 bridgehead atoms. The van der Waals surface area contributed by atoms with Gasteiger partial charge < -0.3 is 14.9 Å². The first kappa shape index (κ1) is 37.5. The largest absolute Gasteiger partial charge is 0.481 e. The molecule has 6 rings (SSSR count). The molecule has 1 aromatic heterocycles. The van der Waals surface area contributed by atoms with Crippen LogP contribution in [0.25, 0.3) is 10.9 Å². The van der Waals surface area contributed by atoms with E-state index >= 15 is 0 Å². The number of unbranched alkanes of at least 4 members (excludes halogenated alkanes) is 1. The number of aliphatic hydroxyl groups excluding tert-OH is 1. The van der Waals surface area contributed by atoms with Crippen LogP contribution in [-0.4, -0.2) is 69.8 Å². The molecule has 4 heterocycles. The minimum atomic E-state index is -3.45. The highest BCUT2D eigenvalue weighted by Gasteiger charge is 2.42. The Hall–Kier alpha value is -3.36. The highest BCUT2D eigenvalue weighted by molar-refractivity contribution is 7.59. The first-order valence-electron chi connectivity index (χ1n) is 17.1. The van der Waals surface area contributed by atoms with Crippen LogP contribution in [0.1, 0.15) is 70.1 Å². The van der Waals surface area contributed by atoms with Crippen molar-refractivity contribution in [2.24, 2.45) is 17.8 Å². The quantitative estimate of drug-likeness (QED) is 0.0553. The number of carboxylic acid groups (broad SMARTS) is 1. The summed E-state index contributed by atoms with van der Waals surface area (Å²) in [6.45, 7) is 11.3. The Morgan fingerprint density at radius 1 is 1.10 bits per heavy atom. The third-order valence-electron chi connectivity index (χ3n) is 9.33. The second-order valence-corrected chi connectivity index (χ2v) is 15.8. The number of carboxylic acids is 1. The van der Waals surface area contributed by atoms with Crippen LogP contribution in [0.2, 0.25) is 0 Å². The van der Waals surface area contributed by atoms with Crippen molar-refractivity contribution in [2.45, 2.75) is 77.7 Å². The SMILES string of the molecule is C=C[C@@H]1CN2CC[C@@H]1C[C@@H]2[C@@H](O)c1ccnc2ccccc12.CCC(=O)O[C@@H](OP(=O)(CCCCc1ccccc1)CC(=O)O)C(C)C. The Labute approximate surface area is 284 Å². The van der Waals surface area contributed by atoms with E-state index in [9.17, 15) is 19.3 Å². The number of aliphatic hydroxyl groups is 1. The van der Waals surface area contributed by atoms with Crippen LogP contribution in [0.4, 0.5) is 0 Å². The van der Waals surface area contributed by atoms with E-state index in [1.165, 1.54) is 12.0 Å². The molecule has 0 spiro atoms. The van der Waals surface area contributed by atoms with Crippen molar-refractivity contribution in [3.05, 3.63) is 90.6 Å². The fourth-order valence-electron chi connectivity index (χ4n) is 6.67. The zero-order valence-corrected chi connectivity index (χ0v) is 29.3. The van der Waals surface area contributed by atoms with Crippen LogP contribution in [0, 0.1) is 17.8 Å². The summed E-state index contributed by atoms with van der Waals surface area (Å²) in [5.74, 6) is -0.603. The van der Waals surface area contributed by atoms with Crippen molar-refractivity contribution in [1.82, 2.24) is 9.88 Å². The second kappa shape index (κ2) is 17.9. The Balaban J connectivity index is 0.000000219. The maximum atomic E-state index is 13.0. The van der Waals surface area contributed by atoms with Gasteiger partial charge in [-0.05, 0) is 73.7 Å². The molecule has 9 nitrogen and oxygen atoms in total. The summed E-state index contributed by atoms with van der Waals surface area (Å²) in [5.41, 5.74) is 3.15. The van der Waals surface area contributed by atoms with Crippen molar-refractivity contribution < 1.29 is 33.6 Å². The first-order valence-corrected chi connectivity index (χ1v) is 19.1. The van der Waals surface area contributed by atoms with Gasteiger partial charge in [-0.3, -0.25) is 28.6 Å². The Kier molecular flexibility index (Phi) is 13.9. The minimum absolute atomic E-state index is 0.152. The molecular formula is C38H51N2O7P. The van der Waals surface area contributed by atoms with Crippen molar-refractivity contribution in [1.29, 1.82) is 0 Å². The molecule has 48 heavy (non-hydrogen) atoms. The summed E-state index contributed by atoms with van der Waals surface area (Å²) >= 11 is 0. The highest BCUT2D eigenvalue weighted by atomic mass is 31.2. The second-order valence-electron chi connectivity index (χ2n) is 13.2. The molecule has 0 saturated carbocycles. The number of para-hydroxylation sites is 1. The number of ether oxygens (including phenoxy) is 1. The molecule has 10 heteroatoms. The van der Waals surface area contributed by atoms with E-state index in [1.54, 1.807) is 20.8 Å². The maximum Gasteiger partial charge on any atom is 0.313 e. The molecule has 2 N–H and O–H groups in total. The lowest BCUT2D eigenvalue weighted by Crippen LogP contribution is -2.54. The van der Waals surface area contributed by atoms with Gasteiger partial charge in [0.2, 0.25) is 13.7 Å². The zero-order valence-electron chi connectivity index (χ0n) is 28.4. The Morgan fingerprint density at radius 3 is 2.48 bits per heavy atom. The van der Waals surface area contributed by atoms with E-state index in [4.69, 9.17) is 14.4 Å². The number of rotatable bonds is 15. The molecule has 2 aromatic carbocycles. The molecule has 0 radical (unpaired) electrons. The third-order valence-corrected chi connectivity index (χ3v) is 11.7. The van der Waals surface area contributed by atoms with Gasteiger partial charge >= 0.3 is 11.9 Å². The van der Waals surface area contributed by atoms with Crippen molar-refractivity contribution >= 4 is 30.2 Å². The predicted molar refractivity (Wildman–Crippen MR) is 189 cm³/mol. The lowest BCUT2D eigenvalue weighted by atomic mass is 9.73. The molecular weight excluding hydrogens is 627 g/mol. The standard InChI is InChI=1S/C19H22N2O.C19H29O6P/c1-2-13-12-21-10-8-14(13)11-18(21)19(22)16-7-9-20-17-6-4-3-5-15(16)17;1-4-18(22)24-19(15(2)3)25-26(23,14-17(20)21)13-9-8-12-16-10-6-5-7-11-16/h2-7,9,13-14,18-19,22H,1,8,10-12H2;5-7,10-11,15,19H,4,8-9,12-14H2,1-3H3,(H,20,21)/t13-,14-,18-,19+;19-,26?/m10/s1. The van der Waals surface area contributed by atoms with Gasteiger partial charge in [-0.2, -0.15) is 0 Å². The molecule has 3 aromatic rings. The minimum Gasteiger partial charge on any atom is -0.481 e. The monoisotopic (exact) mass is 678 g/mol. The van der Waals surface area contributed by atoms with Crippen LogP contribution in [-0.2, 0) is 29.8 Å². The Morgan fingerprint density at radius 2 is 1.83 bits per heavy atom. The Bertz CT molecular complexity index is 1540. The molecule has 260 valence electrons. The molecule has 3 aliphatic heterocycles. The van der Waals surface area contributed by atoms with Crippen molar-refractivity contribution in [3.8, 4) is 0 Å². The fourth-order valence-corrected chi connectivity index (χ4v) is 8.79. The van der Waals surface area contributed by atoms with E-state index < -0.39 is 37.9 Å². The van der Waals surface area contributed by atoms with Gasteiger partial charge in [-0.25, -0.2) is 0 Å². The summed E-state index contributed by atoms with van der Waals surface area (Å²) < 4.78 is 23.8. The maximum absolute atomic E-state index is 13.0. The van der Waals surface area contributed by atoms with Crippen molar-refractivity contribution in [3.63, 3.8) is 0 Å². The average Bonchev–Trinajstić information content (AvgIpc) is 3.09. The third kappa shape index (κ3) is 10.3. The summed E-state index contributed by atoms with van der Waals surface area (Å²) in [7, 11) is -3.45. The number of piperidine rings is 3. The molecule has 0 amide bonds. The fraction of sp³-hybridized carbons (Fsp3) is 0.500. The number of carbonyl (C=O) groups excluding carboxylic acids is 1. The molecule has 7 atom stereocenters. The zero-order chi connectivity index (χ0) is 34.7. The number of carbonyl (C=O) groups is 2. The number of nitrogens with zero attached hydrogens (tertiary/aromatic N) is 2. The lowest BCUT2D eigenvalue weighted by molar-refractivity contribution is -0.169. The van der Waals surface area contributed by atoms with E-state index in [2.05, 4.69) is 28.6 Å². The van der Waals surface area contributed by atoms with Gasteiger partial charge in [0.15, 0.2) is 0 Å². The summed E-state index contributed by atoms with van der Waals surface area (Å²) in [4.78, 5) is 29.5. The number of pyridine rings is 1. The van der Waals surface area contributed by atoms with Crippen LogP contribution in [0.5, 0.6) is 0 Å². The first-order chi connectivity index (χ1) is 23.0. The number of aliphatic carboxylic acids is 1. The van der Waals surface area contributed by atoms with Crippen LogP contribution in [0.3, 0.4) is 0 Å². The van der Waals surface area contributed by atoms with Crippen LogP contribution in [0.15, 0.2) is 79.5 Å². The summed E-state index contributed by atoms with van der Waals surface area (Å²) in [6.07, 6.45) is 6.70. The summed E-state index contributed by atoms with van der Waals surface area (Å²) in [6, 6.07) is 20.2. The smallest absolute Gasteiger partial charge is 0.313 e. The van der Waals surface area contributed by atoms with Crippen LogP contribution < -0.4 is 0 Å². The molecule has 2 unspecified atom stereocenters. The van der Waals surface area contributed by atoms with E-state index in [0.29, 0.717) is 18.3 Å². The number of fused-ring (bicyclic) bond motifs is 4. The van der Waals surface area contributed by atoms with Crippen LogP contribution >= 0.6 is 7.37 Å². The van der Waals surface area contributed by atoms with Gasteiger partial charge in [-0.15, -0.1) is 6.58 Å². The van der Waals surface area contributed by atoms with Crippen molar-refractivity contribution in [2.75, 3.05) is 25.4 Å². The van der Waals surface area contributed by atoms with Gasteiger partial charge in [0, 0.05) is 42.7 Å². The number of aryl methyl sites for hydroxylation is 1. The highest BCUT2D eigenvalue weighted by Crippen LogP contribution is 2.50. The predicted octanol–water partition coefficient (Wildman–Crippen LogP) is 7.49. The van der Waals surface area contributed by atoms with Gasteiger partial charge in [0.1, 0.15) is 6.16 Å². The molecule has 3 fully saturated rings. The molecule has 0 aliphatic carbocycles. The molecule has 3 saturated heterocycles. The van der Waals surface area contributed by atoms with Gasteiger partial charge in [-0.1, -0.05) is 75.4 Å². The topological polar surface area (TPSA) is 126 Å². The van der Waals surface area contributed by atoms with E-state index in [-0.39, 0.29) is 24.5 Å². The summed E-state index contributed by atoms with van der Waals surface area (Å²) in [5, 5.41) is 21.2. The number of benzene rings is 2. The number of hydrogen-bond donors (Lipinski definition) is 2. The number of aromatic nitrogens is 1. The normalized spacial score (nSPS) is 22.6. The van der Waals surface area contributed by atoms with Gasteiger partial charge in [0.05, 0.1) is 11.6 Å². The average molecular weight is 679 g/mol. The van der Waals surface area contributed by atoms with E-state index in [1.807, 2.05) is 60.8 Å².